The lowest BCUT2D eigenvalue weighted by Gasteiger charge is -2.10. The molecule has 0 saturated carbocycles. The predicted octanol–water partition coefficient (Wildman–Crippen LogP) is 4.04. The van der Waals surface area contributed by atoms with Crippen molar-refractivity contribution in [2.45, 2.75) is 11.8 Å². The molecule has 0 unspecified atom stereocenters. The van der Waals surface area contributed by atoms with E-state index in [4.69, 9.17) is 5.73 Å². The van der Waals surface area contributed by atoms with Crippen LogP contribution < -0.4 is 11.1 Å². The molecule has 0 saturated heterocycles. The van der Waals surface area contributed by atoms with Crippen LogP contribution in [0.3, 0.4) is 0 Å². The summed E-state index contributed by atoms with van der Waals surface area (Å²) in [6.07, 6.45) is 2.07. The molecule has 0 aliphatic rings. The predicted molar refractivity (Wildman–Crippen MR) is 77.1 cm³/mol. The van der Waals surface area contributed by atoms with Crippen LogP contribution in [0.1, 0.15) is 5.56 Å². The molecule has 88 valence electrons. The van der Waals surface area contributed by atoms with Crippen LogP contribution in [0.15, 0.2) is 47.4 Å². The average molecular weight is 244 g/mol. The number of aryl methyl sites for hydroxylation is 1. The molecule has 17 heavy (non-hydrogen) atoms. The Kier molecular flexibility index (Phi) is 3.59. The van der Waals surface area contributed by atoms with E-state index in [9.17, 15) is 0 Å². The lowest BCUT2D eigenvalue weighted by atomic mass is 10.2. The molecule has 0 spiro atoms. The second kappa shape index (κ2) is 5.15. The highest BCUT2D eigenvalue weighted by molar-refractivity contribution is 7.98. The van der Waals surface area contributed by atoms with Gasteiger partial charge in [-0.05, 0) is 55.1 Å². The van der Waals surface area contributed by atoms with E-state index in [1.807, 2.05) is 19.1 Å². The van der Waals surface area contributed by atoms with Crippen LogP contribution in [0.2, 0.25) is 0 Å². The zero-order valence-corrected chi connectivity index (χ0v) is 10.8. The standard InChI is InChI=1S/C14H16N2S/c1-10-3-8-14(13(15)9-10)16-11-4-6-12(17-2)7-5-11/h3-9,16H,15H2,1-2H3. The molecule has 0 heterocycles. The first kappa shape index (κ1) is 11.9. The van der Waals surface area contributed by atoms with Crippen LogP contribution in [0, 0.1) is 6.92 Å². The molecule has 0 atom stereocenters. The fourth-order valence-corrected chi connectivity index (χ4v) is 2.03. The van der Waals surface area contributed by atoms with E-state index >= 15 is 0 Å². The maximum Gasteiger partial charge on any atom is 0.0618 e. The van der Waals surface area contributed by atoms with Crippen molar-refractivity contribution in [2.24, 2.45) is 0 Å². The summed E-state index contributed by atoms with van der Waals surface area (Å²) in [7, 11) is 0. The Hall–Kier alpha value is -1.61. The quantitative estimate of drug-likeness (QED) is 0.632. The van der Waals surface area contributed by atoms with Crippen molar-refractivity contribution >= 4 is 28.8 Å². The van der Waals surface area contributed by atoms with Crippen LogP contribution in [0.25, 0.3) is 0 Å². The normalized spacial score (nSPS) is 10.2. The van der Waals surface area contributed by atoms with Crippen molar-refractivity contribution in [1.82, 2.24) is 0 Å². The summed E-state index contributed by atoms with van der Waals surface area (Å²) in [6.45, 7) is 2.04. The lowest BCUT2D eigenvalue weighted by Crippen LogP contribution is -1.96. The summed E-state index contributed by atoms with van der Waals surface area (Å²) in [6, 6.07) is 14.3. The van der Waals surface area contributed by atoms with Crippen molar-refractivity contribution in [3.63, 3.8) is 0 Å². The Morgan fingerprint density at radius 3 is 2.35 bits per heavy atom. The molecule has 2 aromatic carbocycles. The molecule has 3 N–H and O–H groups in total. The zero-order chi connectivity index (χ0) is 12.3. The second-order valence-electron chi connectivity index (χ2n) is 3.94. The molecule has 0 amide bonds. The number of anilines is 3. The van der Waals surface area contributed by atoms with Gasteiger partial charge >= 0.3 is 0 Å². The largest absolute Gasteiger partial charge is 0.397 e. The minimum Gasteiger partial charge on any atom is -0.397 e. The van der Waals surface area contributed by atoms with Crippen molar-refractivity contribution in [2.75, 3.05) is 17.3 Å². The number of thioether (sulfide) groups is 1. The minimum absolute atomic E-state index is 0.777. The van der Waals surface area contributed by atoms with Gasteiger partial charge in [-0.2, -0.15) is 0 Å². The lowest BCUT2D eigenvalue weighted by molar-refractivity contribution is 1.43. The third kappa shape index (κ3) is 2.94. The highest BCUT2D eigenvalue weighted by Gasteiger charge is 2.00. The summed E-state index contributed by atoms with van der Waals surface area (Å²) in [5.74, 6) is 0. The van der Waals surface area contributed by atoms with Gasteiger partial charge in [0.1, 0.15) is 0 Å². The van der Waals surface area contributed by atoms with Gasteiger partial charge < -0.3 is 11.1 Å². The van der Waals surface area contributed by atoms with E-state index in [-0.39, 0.29) is 0 Å². The van der Waals surface area contributed by atoms with Crippen LogP contribution in [-0.4, -0.2) is 6.26 Å². The Labute approximate surface area is 106 Å². The topological polar surface area (TPSA) is 38.0 Å². The second-order valence-corrected chi connectivity index (χ2v) is 4.82. The average Bonchev–Trinajstić information content (AvgIpc) is 2.34. The Morgan fingerprint density at radius 2 is 1.76 bits per heavy atom. The molecular weight excluding hydrogens is 228 g/mol. The monoisotopic (exact) mass is 244 g/mol. The molecular formula is C14H16N2S. The molecule has 0 fully saturated rings. The van der Waals surface area contributed by atoms with Gasteiger partial charge in [0.15, 0.2) is 0 Å². The maximum absolute atomic E-state index is 5.96. The van der Waals surface area contributed by atoms with Crippen LogP contribution in [-0.2, 0) is 0 Å². The van der Waals surface area contributed by atoms with Gasteiger partial charge in [0.2, 0.25) is 0 Å². The molecule has 0 bridgehead atoms. The molecule has 0 aromatic heterocycles. The van der Waals surface area contributed by atoms with Crippen molar-refractivity contribution < 1.29 is 0 Å². The van der Waals surface area contributed by atoms with Gasteiger partial charge in [-0.25, -0.2) is 0 Å². The van der Waals surface area contributed by atoms with E-state index < -0.39 is 0 Å². The molecule has 2 rings (SSSR count). The van der Waals surface area contributed by atoms with Crippen LogP contribution in [0.4, 0.5) is 17.1 Å². The number of nitrogen functional groups attached to an aromatic ring is 1. The number of hydrogen-bond donors (Lipinski definition) is 2. The Bertz CT molecular complexity index is 506. The smallest absolute Gasteiger partial charge is 0.0618 e. The van der Waals surface area contributed by atoms with Gasteiger partial charge in [-0.1, -0.05) is 6.07 Å². The van der Waals surface area contributed by atoms with E-state index in [0.717, 1.165) is 17.1 Å². The number of hydrogen-bond acceptors (Lipinski definition) is 3. The zero-order valence-electron chi connectivity index (χ0n) is 10.0. The Morgan fingerprint density at radius 1 is 1.06 bits per heavy atom. The molecule has 3 heteroatoms. The first-order valence-electron chi connectivity index (χ1n) is 5.46. The molecule has 0 radical (unpaired) electrons. The number of benzene rings is 2. The third-order valence-electron chi connectivity index (χ3n) is 2.58. The third-order valence-corrected chi connectivity index (χ3v) is 3.32. The highest BCUT2D eigenvalue weighted by Crippen LogP contribution is 2.25. The first-order chi connectivity index (χ1) is 8.19. The number of nitrogens with one attached hydrogen (secondary N) is 1. The van der Waals surface area contributed by atoms with Gasteiger partial charge in [0, 0.05) is 10.6 Å². The minimum atomic E-state index is 0.777. The van der Waals surface area contributed by atoms with E-state index in [1.165, 1.54) is 10.5 Å². The van der Waals surface area contributed by atoms with Crippen molar-refractivity contribution in [1.29, 1.82) is 0 Å². The van der Waals surface area contributed by atoms with Crippen molar-refractivity contribution in [3.8, 4) is 0 Å². The summed E-state index contributed by atoms with van der Waals surface area (Å²) < 4.78 is 0. The van der Waals surface area contributed by atoms with Crippen molar-refractivity contribution in [3.05, 3.63) is 48.0 Å². The summed E-state index contributed by atoms with van der Waals surface area (Å²) in [5, 5.41) is 3.32. The van der Waals surface area contributed by atoms with Gasteiger partial charge in [-0.15, -0.1) is 11.8 Å². The SMILES string of the molecule is CSc1ccc(Nc2ccc(C)cc2N)cc1. The van der Waals surface area contributed by atoms with Crippen LogP contribution in [0.5, 0.6) is 0 Å². The fraction of sp³-hybridized carbons (Fsp3) is 0.143. The van der Waals surface area contributed by atoms with E-state index in [0.29, 0.717) is 0 Å². The molecule has 2 nitrogen and oxygen atoms in total. The van der Waals surface area contributed by atoms with Gasteiger partial charge in [0.05, 0.1) is 11.4 Å². The molecule has 0 aliphatic carbocycles. The molecule has 2 aromatic rings. The highest BCUT2D eigenvalue weighted by atomic mass is 32.2. The van der Waals surface area contributed by atoms with Gasteiger partial charge in [-0.3, -0.25) is 0 Å². The maximum atomic E-state index is 5.96. The van der Waals surface area contributed by atoms with E-state index in [1.54, 1.807) is 11.8 Å². The summed E-state index contributed by atoms with van der Waals surface area (Å²) in [4.78, 5) is 1.26. The summed E-state index contributed by atoms with van der Waals surface area (Å²) in [5.41, 5.74) is 9.91. The summed E-state index contributed by atoms with van der Waals surface area (Å²) >= 11 is 1.74. The van der Waals surface area contributed by atoms with Crippen LogP contribution >= 0.6 is 11.8 Å². The number of rotatable bonds is 3. The van der Waals surface area contributed by atoms with Gasteiger partial charge in [0.25, 0.3) is 0 Å². The fourth-order valence-electron chi connectivity index (χ4n) is 1.63. The number of nitrogens with two attached hydrogens (primary N) is 1. The first-order valence-corrected chi connectivity index (χ1v) is 6.69. The molecule has 0 aliphatic heterocycles. The Balaban J connectivity index is 2.19. The van der Waals surface area contributed by atoms with E-state index in [2.05, 4.69) is 41.9 Å².